The summed E-state index contributed by atoms with van der Waals surface area (Å²) in [6.45, 7) is 4.58. The Hall–Kier alpha value is -5.57. The molecule has 6 heteroatoms. The van der Waals surface area contributed by atoms with Crippen LogP contribution in [0.2, 0.25) is 0 Å². The molecule has 0 unspecified atom stereocenters. The molecule has 1 saturated heterocycles. The van der Waals surface area contributed by atoms with Crippen LogP contribution in [0.3, 0.4) is 0 Å². The van der Waals surface area contributed by atoms with Gasteiger partial charge in [-0.25, -0.2) is 0 Å². The topological polar surface area (TPSA) is 32.8 Å². The van der Waals surface area contributed by atoms with Crippen LogP contribution in [0.5, 0.6) is 0 Å². The molecule has 0 aliphatic carbocycles. The molecule has 3 heterocycles. The third-order valence-electron chi connectivity index (χ3n) is 10.0. The summed E-state index contributed by atoms with van der Waals surface area (Å²) in [5, 5.41) is 7.34. The first-order valence-corrected chi connectivity index (χ1v) is 20.8. The van der Waals surface area contributed by atoms with E-state index in [2.05, 4.69) is 198 Å². The molecular weight excluding hydrogens is 633 g/mol. The van der Waals surface area contributed by atoms with Crippen LogP contribution >= 0.6 is 0 Å². The highest BCUT2D eigenvalue weighted by Crippen LogP contribution is 2.50. The number of rotatable bonds is 7. The van der Waals surface area contributed by atoms with Gasteiger partial charge in [0.05, 0.1) is 0 Å². The first kappa shape index (κ1) is 29.6. The van der Waals surface area contributed by atoms with Gasteiger partial charge < -0.3 is 17.3 Å². The molecule has 1 fully saturated rings. The Morgan fingerprint density at radius 3 is 1.35 bits per heavy atom. The molecule has 8 aromatic rings. The van der Waals surface area contributed by atoms with Gasteiger partial charge in [0, 0.05) is 22.4 Å². The number of nitrogens with zero attached hydrogens (tertiary/aromatic N) is 2. The Balaban J connectivity index is 1.52. The average Bonchev–Trinajstić information content (AvgIpc) is 3.74. The van der Waals surface area contributed by atoms with Crippen LogP contribution in [-0.2, 0) is 0 Å². The fraction of sp³-hybridized carbons (Fsp3) is 0.0698. The molecule has 238 valence electrons. The highest BCUT2D eigenvalue weighted by Gasteiger charge is 2.77. The van der Waals surface area contributed by atoms with Crippen LogP contribution in [0.1, 0.15) is 25.3 Å². The van der Waals surface area contributed by atoms with Crippen LogP contribution in [0.4, 0.5) is 11.8 Å². The van der Waals surface area contributed by atoms with Gasteiger partial charge in [0.2, 0.25) is 0 Å². The Bertz CT molecular complexity index is 2190. The van der Waals surface area contributed by atoms with Gasteiger partial charge in [0.25, 0.3) is 0 Å². The van der Waals surface area contributed by atoms with E-state index in [9.17, 15) is 0 Å². The Kier molecular flexibility index (Phi) is 6.97. The second kappa shape index (κ2) is 11.5. The lowest BCUT2D eigenvalue weighted by Crippen LogP contribution is -3.07. The highest BCUT2D eigenvalue weighted by molar-refractivity contribution is 7.38. The van der Waals surface area contributed by atoms with Crippen molar-refractivity contribution in [2.75, 3.05) is 8.46 Å². The molecule has 4 nitrogen and oxygen atoms in total. The van der Waals surface area contributed by atoms with Crippen LogP contribution in [0.25, 0.3) is 21.9 Å². The van der Waals surface area contributed by atoms with E-state index in [1.165, 1.54) is 31.7 Å². The summed E-state index contributed by atoms with van der Waals surface area (Å²) in [5.74, 6) is 2.07. The minimum Gasteiger partial charge on any atom is -0.442 e. The Morgan fingerprint density at radius 2 is 0.878 bits per heavy atom. The average molecular weight is 669 g/mol. The number of para-hydroxylation sites is 2. The fourth-order valence-electron chi connectivity index (χ4n) is 8.14. The minimum absolute atomic E-state index is 0.218. The lowest BCUT2D eigenvalue weighted by Gasteiger charge is -2.70. The van der Waals surface area contributed by atoms with Crippen molar-refractivity contribution >= 4 is 71.2 Å². The number of anilines is 2. The largest absolute Gasteiger partial charge is 0.442 e. The van der Waals surface area contributed by atoms with Crippen LogP contribution in [0.15, 0.2) is 185 Å². The molecule has 6 aromatic carbocycles. The summed E-state index contributed by atoms with van der Waals surface area (Å²) in [6.07, 6.45) is 0. The van der Waals surface area contributed by atoms with Crippen molar-refractivity contribution in [2.24, 2.45) is 0 Å². The van der Waals surface area contributed by atoms with Crippen molar-refractivity contribution < 1.29 is 8.83 Å². The summed E-state index contributed by atoms with van der Waals surface area (Å²) < 4.78 is 19.9. The number of furan rings is 2. The maximum absolute atomic E-state index is 7.24. The second-order valence-corrected chi connectivity index (χ2v) is 20.8. The van der Waals surface area contributed by atoms with Crippen LogP contribution in [0, 0.1) is 0 Å². The zero-order valence-corrected chi connectivity index (χ0v) is 29.5. The highest BCUT2D eigenvalue weighted by atomic mass is 28.5. The number of hydrogen-bond donors (Lipinski definition) is 0. The molecule has 0 radical (unpaired) electrons. The zero-order chi connectivity index (χ0) is 33.0. The van der Waals surface area contributed by atoms with Gasteiger partial charge in [0.1, 0.15) is 11.2 Å². The van der Waals surface area contributed by atoms with E-state index in [0.29, 0.717) is 0 Å². The van der Waals surface area contributed by atoms with E-state index in [1.54, 1.807) is 0 Å². The van der Waals surface area contributed by atoms with Crippen molar-refractivity contribution in [3.63, 3.8) is 0 Å². The van der Waals surface area contributed by atoms with E-state index < -0.39 is 16.8 Å². The molecule has 2 aromatic heterocycles. The molecular formula is C43H36N2O2Si2. The molecule has 0 saturated carbocycles. The lowest BCUT2D eigenvalue weighted by atomic mass is 10.0. The van der Waals surface area contributed by atoms with E-state index in [0.717, 1.165) is 28.3 Å². The quantitative estimate of drug-likeness (QED) is 0.161. The number of benzene rings is 6. The fourth-order valence-corrected chi connectivity index (χ4v) is 23.1. The van der Waals surface area contributed by atoms with Crippen molar-refractivity contribution in [2.45, 2.75) is 19.8 Å². The van der Waals surface area contributed by atoms with Gasteiger partial charge in [0.15, 0.2) is 11.8 Å². The maximum Gasteiger partial charge on any atom is 0.323 e. The normalized spacial score (nSPS) is 15.2. The standard InChI is InChI=1S/C43H36N2O2Si2/c1-32(2)42-38-28-16-18-30-40(38)47-43(42)45-48(34-20-7-3-8-21-34,35-22-9-4-10-23-35)44(41-31-33-19-15-17-29-39(33)46-41)49(45,36-24-11-5-12-25-36)37-26-13-6-14-27-37/h3-32H,1-2H3. The second-order valence-electron chi connectivity index (χ2n) is 13.1. The molecule has 1 aliphatic heterocycles. The molecule has 9 rings (SSSR count). The molecule has 1 aliphatic rings. The molecule has 49 heavy (non-hydrogen) atoms. The van der Waals surface area contributed by atoms with Crippen molar-refractivity contribution in [1.82, 2.24) is 0 Å². The van der Waals surface area contributed by atoms with Crippen molar-refractivity contribution in [1.29, 1.82) is 0 Å². The lowest BCUT2D eigenvalue weighted by molar-refractivity contribution is 0.607. The van der Waals surface area contributed by atoms with E-state index in [4.69, 9.17) is 8.83 Å². The van der Waals surface area contributed by atoms with Crippen LogP contribution in [-0.4, -0.2) is 16.8 Å². The third kappa shape index (κ3) is 4.21. The summed E-state index contributed by atoms with van der Waals surface area (Å²) >= 11 is 0. The SMILES string of the molecule is CC(C)c1c(N2[Si](c3ccccc3)(c3ccccc3)N(c3cc4ccccc4o3)[Si]2(c2ccccc2)c2ccccc2)oc2ccccc12. The summed E-state index contributed by atoms with van der Waals surface area (Å²) in [5.41, 5.74) is 3.04. The van der Waals surface area contributed by atoms with Gasteiger partial charge in [-0.05, 0) is 38.8 Å². The van der Waals surface area contributed by atoms with Crippen molar-refractivity contribution in [3.8, 4) is 0 Å². The molecule has 0 atom stereocenters. The Morgan fingerprint density at radius 1 is 0.449 bits per heavy atom. The van der Waals surface area contributed by atoms with Gasteiger partial charge in [-0.2, -0.15) is 0 Å². The summed E-state index contributed by atoms with van der Waals surface area (Å²) in [6, 6.07) is 63.6. The van der Waals surface area contributed by atoms with E-state index >= 15 is 0 Å². The number of fused-ring (bicyclic) bond motifs is 2. The van der Waals surface area contributed by atoms with E-state index in [-0.39, 0.29) is 5.92 Å². The van der Waals surface area contributed by atoms with Crippen molar-refractivity contribution in [3.05, 3.63) is 181 Å². The molecule has 0 amide bonds. The van der Waals surface area contributed by atoms with Gasteiger partial charge >= 0.3 is 16.8 Å². The monoisotopic (exact) mass is 668 g/mol. The Labute approximate surface area is 288 Å². The van der Waals surface area contributed by atoms with Crippen LogP contribution < -0.4 is 29.2 Å². The maximum atomic E-state index is 7.24. The first-order valence-electron chi connectivity index (χ1n) is 17.0. The third-order valence-corrected chi connectivity index (χ3v) is 21.9. The predicted molar refractivity (Wildman–Crippen MR) is 207 cm³/mol. The van der Waals surface area contributed by atoms with Gasteiger partial charge in [-0.1, -0.05) is 172 Å². The van der Waals surface area contributed by atoms with Gasteiger partial charge in [-0.3, -0.25) is 0 Å². The molecule has 0 N–H and O–H groups in total. The van der Waals surface area contributed by atoms with Gasteiger partial charge in [-0.15, -0.1) is 0 Å². The number of hydrogen-bond acceptors (Lipinski definition) is 4. The molecule has 0 spiro atoms. The minimum atomic E-state index is -3.20. The zero-order valence-electron chi connectivity index (χ0n) is 27.5. The summed E-state index contributed by atoms with van der Waals surface area (Å²) in [4.78, 5) is 0. The first-order chi connectivity index (χ1) is 24.1. The molecule has 0 bridgehead atoms. The summed E-state index contributed by atoms with van der Waals surface area (Å²) in [7, 11) is -6.40. The predicted octanol–water partition coefficient (Wildman–Crippen LogP) is 8.14. The smallest absolute Gasteiger partial charge is 0.323 e. The van der Waals surface area contributed by atoms with E-state index in [1.807, 2.05) is 0 Å².